The van der Waals surface area contributed by atoms with E-state index in [9.17, 15) is 18.0 Å². The number of nitrogens with zero attached hydrogens (tertiary/aromatic N) is 2. The van der Waals surface area contributed by atoms with Crippen LogP contribution in [0.3, 0.4) is 0 Å². The van der Waals surface area contributed by atoms with Crippen molar-refractivity contribution in [2.24, 2.45) is 0 Å². The van der Waals surface area contributed by atoms with Gasteiger partial charge >= 0.3 is 6.18 Å². The van der Waals surface area contributed by atoms with E-state index in [1.165, 1.54) is 23.1 Å². The number of para-hydroxylation sites is 2. The Morgan fingerprint density at radius 3 is 2.70 bits per heavy atom. The lowest BCUT2D eigenvalue weighted by Crippen LogP contribution is -2.23. The van der Waals surface area contributed by atoms with Gasteiger partial charge in [-0.2, -0.15) is 13.2 Å². The van der Waals surface area contributed by atoms with E-state index in [4.69, 9.17) is 0 Å². The normalized spacial score (nSPS) is 11.6. The smallest absolute Gasteiger partial charge is 0.273 e. The first-order valence-electron chi connectivity index (χ1n) is 6.81. The van der Waals surface area contributed by atoms with Gasteiger partial charge in [-0.15, -0.1) is 0 Å². The molecule has 0 spiro atoms. The number of carbonyl (C=O) groups is 1. The van der Waals surface area contributed by atoms with Crippen molar-refractivity contribution in [3.8, 4) is 0 Å². The minimum atomic E-state index is -4.42. The van der Waals surface area contributed by atoms with E-state index in [0.29, 0.717) is 16.6 Å². The van der Waals surface area contributed by atoms with Gasteiger partial charge in [0.2, 0.25) is 5.91 Å². The van der Waals surface area contributed by atoms with E-state index in [-0.39, 0.29) is 6.42 Å². The van der Waals surface area contributed by atoms with Crippen molar-refractivity contribution in [2.75, 3.05) is 5.43 Å². The highest BCUT2D eigenvalue weighted by Crippen LogP contribution is 2.29. The van der Waals surface area contributed by atoms with Gasteiger partial charge < -0.3 is 0 Å². The molecule has 1 amide bonds. The van der Waals surface area contributed by atoms with Crippen LogP contribution in [0.15, 0.2) is 54.9 Å². The number of amides is 1. The molecule has 0 aliphatic heterocycles. The topological polar surface area (TPSA) is 46.9 Å². The van der Waals surface area contributed by atoms with Crippen molar-refractivity contribution in [3.05, 3.63) is 66.0 Å². The summed E-state index contributed by atoms with van der Waals surface area (Å²) < 4.78 is 39.5. The number of rotatable bonds is 3. The summed E-state index contributed by atoms with van der Waals surface area (Å²) in [4.78, 5) is 16.2. The van der Waals surface area contributed by atoms with E-state index >= 15 is 0 Å². The maximum absolute atomic E-state index is 12.7. The molecule has 118 valence electrons. The number of hydrogen-bond donors (Lipinski definition) is 1. The average molecular weight is 319 g/mol. The van der Waals surface area contributed by atoms with Gasteiger partial charge in [-0.3, -0.25) is 10.2 Å². The first-order valence-corrected chi connectivity index (χ1v) is 6.81. The zero-order valence-electron chi connectivity index (χ0n) is 11.8. The second-order valence-corrected chi connectivity index (χ2v) is 5.01. The maximum atomic E-state index is 12.7. The first-order chi connectivity index (χ1) is 10.9. The van der Waals surface area contributed by atoms with E-state index in [2.05, 4.69) is 10.4 Å². The molecule has 1 aromatic heterocycles. The largest absolute Gasteiger partial charge is 0.416 e. The fourth-order valence-electron chi connectivity index (χ4n) is 2.27. The number of alkyl halides is 3. The molecule has 3 rings (SSSR count). The van der Waals surface area contributed by atoms with Gasteiger partial charge in [0.25, 0.3) is 0 Å². The van der Waals surface area contributed by atoms with Crippen LogP contribution in [-0.4, -0.2) is 15.6 Å². The molecule has 3 aromatic rings. The molecular formula is C16H12F3N3O. The Balaban J connectivity index is 1.75. The second kappa shape index (κ2) is 5.75. The minimum Gasteiger partial charge on any atom is -0.273 e. The summed E-state index contributed by atoms with van der Waals surface area (Å²) in [6.45, 7) is 0. The van der Waals surface area contributed by atoms with Crippen LogP contribution in [0.2, 0.25) is 0 Å². The number of fused-ring (bicyclic) bond motifs is 1. The molecule has 0 aliphatic rings. The van der Waals surface area contributed by atoms with Crippen LogP contribution < -0.4 is 5.43 Å². The van der Waals surface area contributed by atoms with Crippen LogP contribution in [0, 0.1) is 0 Å². The number of nitrogens with one attached hydrogen (secondary N) is 1. The summed E-state index contributed by atoms with van der Waals surface area (Å²) in [5.74, 6) is -0.424. The van der Waals surface area contributed by atoms with Gasteiger partial charge in [-0.1, -0.05) is 30.3 Å². The molecule has 0 saturated heterocycles. The molecule has 1 heterocycles. The van der Waals surface area contributed by atoms with E-state index in [1.807, 2.05) is 6.07 Å². The number of aromatic nitrogens is 2. The molecule has 23 heavy (non-hydrogen) atoms. The predicted octanol–water partition coefficient (Wildman–Crippen LogP) is 3.37. The standard InChI is InChI=1S/C16H12F3N3O/c17-16(18,19)12-5-3-4-11(8-12)9-15(23)21-22-10-20-13-6-1-2-7-14(13)22/h1-8,10H,9H2,(H,21,23). The zero-order valence-corrected chi connectivity index (χ0v) is 11.8. The highest BCUT2D eigenvalue weighted by Gasteiger charge is 2.30. The van der Waals surface area contributed by atoms with Gasteiger partial charge in [-0.05, 0) is 23.8 Å². The van der Waals surface area contributed by atoms with Crippen LogP contribution in [0.5, 0.6) is 0 Å². The zero-order chi connectivity index (χ0) is 16.4. The molecule has 0 bridgehead atoms. The fourth-order valence-corrected chi connectivity index (χ4v) is 2.27. The van der Waals surface area contributed by atoms with Crippen molar-refractivity contribution < 1.29 is 18.0 Å². The van der Waals surface area contributed by atoms with Crippen LogP contribution in [0.1, 0.15) is 11.1 Å². The molecule has 4 nitrogen and oxygen atoms in total. The third-order valence-electron chi connectivity index (χ3n) is 3.32. The van der Waals surface area contributed by atoms with Gasteiger partial charge in [-0.25, -0.2) is 9.66 Å². The summed E-state index contributed by atoms with van der Waals surface area (Å²) in [6, 6.07) is 11.9. The third-order valence-corrected chi connectivity index (χ3v) is 3.32. The molecular weight excluding hydrogens is 307 g/mol. The number of benzene rings is 2. The Labute approximate surface area is 129 Å². The van der Waals surface area contributed by atoms with Crippen LogP contribution in [-0.2, 0) is 17.4 Å². The van der Waals surface area contributed by atoms with Crippen LogP contribution >= 0.6 is 0 Å². The SMILES string of the molecule is O=C(Cc1cccc(C(F)(F)F)c1)Nn1cnc2ccccc21. The summed E-state index contributed by atoms with van der Waals surface area (Å²) in [5.41, 5.74) is 3.56. The molecule has 0 aliphatic carbocycles. The van der Waals surface area contributed by atoms with Crippen molar-refractivity contribution in [3.63, 3.8) is 0 Å². The molecule has 0 unspecified atom stereocenters. The molecule has 0 radical (unpaired) electrons. The lowest BCUT2D eigenvalue weighted by atomic mass is 10.1. The van der Waals surface area contributed by atoms with Gasteiger partial charge in [0.15, 0.2) is 0 Å². The third kappa shape index (κ3) is 3.33. The number of carbonyl (C=O) groups excluding carboxylic acids is 1. The summed E-state index contributed by atoms with van der Waals surface area (Å²) in [5, 5.41) is 0. The summed E-state index contributed by atoms with van der Waals surface area (Å²) in [6.07, 6.45) is -3.13. The van der Waals surface area contributed by atoms with E-state index in [0.717, 1.165) is 12.1 Å². The van der Waals surface area contributed by atoms with Crippen molar-refractivity contribution >= 4 is 16.9 Å². The lowest BCUT2D eigenvalue weighted by molar-refractivity contribution is -0.137. The Morgan fingerprint density at radius 1 is 1.13 bits per heavy atom. The van der Waals surface area contributed by atoms with Crippen molar-refractivity contribution in [2.45, 2.75) is 12.6 Å². The molecule has 2 aromatic carbocycles. The van der Waals surface area contributed by atoms with E-state index < -0.39 is 17.6 Å². The van der Waals surface area contributed by atoms with Crippen LogP contribution in [0.25, 0.3) is 11.0 Å². The van der Waals surface area contributed by atoms with Gasteiger partial charge in [0.05, 0.1) is 23.0 Å². The Kier molecular flexibility index (Phi) is 3.77. The lowest BCUT2D eigenvalue weighted by Gasteiger charge is -2.10. The highest BCUT2D eigenvalue weighted by molar-refractivity contribution is 5.88. The Morgan fingerprint density at radius 2 is 1.91 bits per heavy atom. The predicted molar refractivity (Wildman–Crippen MR) is 79.2 cm³/mol. The quantitative estimate of drug-likeness (QED) is 0.804. The van der Waals surface area contributed by atoms with Crippen LogP contribution in [0.4, 0.5) is 13.2 Å². The minimum absolute atomic E-state index is 0.156. The number of hydrogen-bond acceptors (Lipinski definition) is 2. The molecule has 0 saturated carbocycles. The monoisotopic (exact) mass is 319 g/mol. The molecule has 1 N–H and O–H groups in total. The summed E-state index contributed by atoms with van der Waals surface area (Å²) >= 11 is 0. The first kappa shape index (κ1) is 15.1. The Bertz CT molecular complexity index is 855. The van der Waals surface area contributed by atoms with Crippen molar-refractivity contribution in [1.29, 1.82) is 0 Å². The average Bonchev–Trinajstić information content (AvgIpc) is 2.90. The molecule has 0 atom stereocenters. The Hall–Kier alpha value is -2.83. The van der Waals surface area contributed by atoms with Gasteiger partial charge in [0.1, 0.15) is 6.33 Å². The fraction of sp³-hybridized carbons (Fsp3) is 0.125. The number of halogens is 3. The van der Waals surface area contributed by atoms with E-state index in [1.54, 1.807) is 18.2 Å². The second-order valence-electron chi connectivity index (χ2n) is 5.01. The maximum Gasteiger partial charge on any atom is 0.416 e. The summed E-state index contributed by atoms with van der Waals surface area (Å²) in [7, 11) is 0. The number of imidazole rings is 1. The molecule has 7 heteroatoms. The van der Waals surface area contributed by atoms with Crippen molar-refractivity contribution in [1.82, 2.24) is 9.66 Å². The molecule has 0 fully saturated rings. The van der Waals surface area contributed by atoms with Gasteiger partial charge in [0, 0.05) is 0 Å². The highest BCUT2D eigenvalue weighted by atomic mass is 19.4.